The minimum Gasteiger partial charge on any atom is -0.410 e. The first-order valence-electron chi connectivity index (χ1n) is 12.2. The molecular formula is C24H49N3O2Si. The van der Waals surface area contributed by atoms with Gasteiger partial charge in [-0.25, -0.2) is 0 Å². The molecule has 0 radical (unpaired) electrons. The molecule has 0 aromatic heterocycles. The van der Waals surface area contributed by atoms with E-state index in [4.69, 9.17) is 9.96 Å². The summed E-state index contributed by atoms with van der Waals surface area (Å²) in [5.41, 5.74) is 8.84. The van der Waals surface area contributed by atoms with Gasteiger partial charge in [0.05, 0.1) is 18.8 Å². The van der Waals surface area contributed by atoms with Crippen LogP contribution < -0.4 is 0 Å². The maximum Gasteiger partial charge on any atom is 0.192 e. The van der Waals surface area contributed by atoms with Crippen LogP contribution in [0, 0.1) is 0 Å². The zero-order valence-electron chi connectivity index (χ0n) is 20.7. The Morgan fingerprint density at radius 3 is 1.90 bits per heavy atom. The Labute approximate surface area is 187 Å². The third-order valence-electron chi connectivity index (χ3n) is 6.30. The van der Waals surface area contributed by atoms with E-state index < -0.39 is 14.4 Å². The second-order valence-corrected chi connectivity index (χ2v) is 14.8. The molecule has 0 aromatic rings. The first-order valence-corrected chi connectivity index (χ1v) is 15.1. The molecule has 1 N–H and O–H groups in total. The number of rotatable bonds is 18. The van der Waals surface area contributed by atoms with Crippen molar-refractivity contribution in [2.24, 2.45) is 5.11 Å². The number of allylic oxidation sites excluding steroid dienone is 1. The minimum absolute atomic E-state index is 0.0610. The van der Waals surface area contributed by atoms with Gasteiger partial charge in [-0.2, -0.15) is 0 Å². The lowest BCUT2D eigenvalue weighted by molar-refractivity contribution is 0.149. The van der Waals surface area contributed by atoms with Crippen LogP contribution >= 0.6 is 0 Å². The first kappa shape index (κ1) is 29.2. The standard InChI is InChI=1S/C24H49N3O2Si/c1-7-8-9-10-11-12-13-14-15-16-17-18-19-20-23(22(21-28)26-27-25)29-30(5,6)24(2,3)4/h19-20,22-23,28H,7-18,21H2,1-6H3. The van der Waals surface area contributed by atoms with Crippen molar-refractivity contribution in [3.63, 3.8) is 0 Å². The van der Waals surface area contributed by atoms with Gasteiger partial charge in [-0.3, -0.25) is 0 Å². The fourth-order valence-corrected chi connectivity index (χ4v) is 4.46. The maximum atomic E-state index is 9.67. The van der Waals surface area contributed by atoms with Crippen molar-refractivity contribution in [3.05, 3.63) is 22.6 Å². The van der Waals surface area contributed by atoms with Crippen molar-refractivity contribution in [2.45, 2.75) is 135 Å². The van der Waals surface area contributed by atoms with Crippen LogP contribution in [-0.2, 0) is 4.43 Å². The predicted octanol–water partition coefficient (Wildman–Crippen LogP) is 8.31. The average molecular weight is 440 g/mol. The Morgan fingerprint density at radius 2 is 1.47 bits per heavy atom. The molecule has 2 unspecified atom stereocenters. The highest BCUT2D eigenvalue weighted by Gasteiger charge is 2.40. The molecule has 5 nitrogen and oxygen atoms in total. The molecule has 0 heterocycles. The molecule has 0 saturated carbocycles. The second-order valence-electron chi connectivity index (χ2n) is 10.0. The monoisotopic (exact) mass is 439 g/mol. The first-order chi connectivity index (χ1) is 14.2. The third-order valence-corrected chi connectivity index (χ3v) is 10.8. The fourth-order valence-electron chi connectivity index (χ4n) is 3.19. The van der Waals surface area contributed by atoms with Gasteiger partial charge in [-0.05, 0) is 36.5 Å². The van der Waals surface area contributed by atoms with Crippen LogP contribution in [0.15, 0.2) is 17.3 Å². The lowest BCUT2D eigenvalue weighted by Crippen LogP contribution is -2.46. The fraction of sp³-hybridized carbons (Fsp3) is 0.917. The van der Waals surface area contributed by atoms with Crippen molar-refractivity contribution in [1.82, 2.24) is 0 Å². The molecule has 0 rings (SSSR count). The van der Waals surface area contributed by atoms with Crippen LogP contribution in [0.5, 0.6) is 0 Å². The van der Waals surface area contributed by atoms with E-state index in [1.165, 1.54) is 70.6 Å². The van der Waals surface area contributed by atoms with Gasteiger partial charge in [0.15, 0.2) is 8.32 Å². The third kappa shape index (κ3) is 13.5. The molecule has 0 aliphatic heterocycles. The average Bonchev–Trinajstić information content (AvgIpc) is 2.67. The number of hydrogen-bond acceptors (Lipinski definition) is 3. The zero-order valence-corrected chi connectivity index (χ0v) is 21.7. The molecule has 0 aromatic carbocycles. The summed E-state index contributed by atoms with van der Waals surface area (Å²) in [6.45, 7) is 13.0. The molecule has 176 valence electrons. The molecule has 0 spiro atoms. The van der Waals surface area contributed by atoms with Crippen molar-refractivity contribution in [1.29, 1.82) is 0 Å². The van der Waals surface area contributed by atoms with Crippen molar-refractivity contribution < 1.29 is 9.53 Å². The van der Waals surface area contributed by atoms with Crippen LogP contribution in [0.3, 0.4) is 0 Å². The highest BCUT2D eigenvalue weighted by Crippen LogP contribution is 2.38. The molecule has 2 atom stereocenters. The lowest BCUT2D eigenvalue weighted by atomic mass is 10.0. The molecule has 0 fully saturated rings. The van der Waals surface area contributed by atoms with E-state index in [0.717, 1.165) is 6.42 Å². The number of nitrogens with zero attached hydrogens (tertiary/aromatic N) is 3. The van der Waals surface area contributed by atoms with Crippen LogP contribution in [-0.4, -0.2) is 32.2 Å². The van der Waals surface area contributed by atoms with Gasteiger partial charge in [-0.15, -0.1) is 0 Å². The summed E-state index contributed by atoms with van der Waals surface area (Å²) < 4.78 is 6.44. The van der Waals surface area contributed by atoms with Crippen molar-refractivity contribution >= 4 is 8.32 Å². The second kappa shape index (κ2) is 16.8. The molecule has 30 heavy (non-hydrogen) atoms. The van der Waals surface area contributed by atoms with Crippen LogP contribution in [0.4, 0.5) is 0 Å². The summed E-state index contributed by atoms with van der Waals surface area (Å²) in [6.07, 6.45) is 19.5. The van der Waals surface area contributed by atoms with E-state index in [1.54, 1.807) is 0 Å². The summed E-state index contributed by atoms with van der Waals surface area (Å²) in [6, 6.07) is -0.572. The lowest BCUT2D eigenvalue weighted by Gasteiger charge is -2.39. The Kier molecular flexibility index (Phi) is 16.4. The molecule has 0 aliphatic rings. The van der Waals surface area contributed by atoms with Gasteiger partial charge < -0.3 is 9.53 Å². The predicted molar refractivity (Wildman–Crippen MR) is 132 cm³/mol. The van der Waals surface area contributed by atoms with Gasteiger partial charge in [0.1, 0.15) is 0 Å². The van der Waals surface area contributed by atoms with E-state index in [1.807, 2.05) is 6.08 Å². The summed E-state index contributed by atoms with van der Waals surface area (Å²) >= 11 is 0. The number of aliphatic hydroxyl groups is 1. The van der Waals surface area contributed by atoms with Crippen molar-refractivity contribution in [3.8, 4) is 0 Å². The Balaban J connectivity index is 4.29. The van der Waals surface area contributed by atoms with E-state index in [0.29, 0.717) is 0 Å². The number of hydrogen-bond donors (Lipinski definition) is 1. The van der Waals surface area contributed by atoms with Crippen LogP contribution in [0.25, 0.3) is 10.4 Å². The van der Waals surface area contributed by atoms with E-state index in [9.17, 15) is 5.11 Å². The van der Waals surface area contributed by atoms with Crippen LogP contribution in [0.2, 0.25) is 18.1 Å². The molecule has 0 bridgehead atoms. The smallest absolute Gasteiger partial charge is 0.192 e. The molecule has 0 aliphatic carbocycles. The van der Waals surface area contributed by atoms with Gasteiger partial charge in [-0.1, -0.05) is 109 Å². The Bertz CT molecular complexity index is 497. The Hall–Kier alpha value is -0.813. The number of unbranched alkanes of at least 4 members (excludes halogenated alkanes) is 11. The van der Waals surface area contributed by atoms with E-state index >= 15 is 0 Å². The Morgan fingerprint density at radius 1 is 0.967 bits per heavy atom. The highest BCUT2D eigenvalue weighted by molar-refractivity contribution is 6.74. The van der Waals surface area contributed by atoms with E-state index in [-0.39, 0.29) is 17.7 Å². The van der Waals surface area contributed by atoms with Gasteiger partial charge >= 0.3 is 0 Å². The highest BCUT2D eigenvalue weighted by atomic mass is 28.4. The summed E-state index contributed by atoms with van der Waals surface area (Å²) in [5.74, 6) is 0. The summed E-state index contributed by atoms with van der Waals surface area (Å²) in [7, 11) is -2.03. The molecule has 0 amide bonds. The van der Waals surface area contributed by atoms with Crippen molar-refractivity contribution in [2.75, 3.05) is 6.61 Å². The number of azide groups is 1. The number of aliphatic hydroxyl groups excluding tert-OH is 1. The molecule has 0 saturated heterocycles. The maximum absolute atomic E-state index is 9.67. The SMILES string of the molecule is CCCCCCCCCCCCCC=CC(O[Si](C)(C)C(C)(C)C)C(CO)N=[N+]=[N-]. The molecular weight excluding hydrogens is 390 g/mol. The summed E-state index contributed by atoms with van der Waals surface area (Å²) in [4.78, 5) is 2.90. The largest absolute Gasteiger partial charge is 0.410 e. The topological polar surface area (TPSA) is 78.2 Å². The summed E-state index contributed by atoms with van der Waals surface area (Å²) in [5, 5.41) is 13.5. The van der Waals surface area contributed by atoms with E-state index in [2.05, 4.69) is 56.9 Å². The molecule has 6 heteroatoms. The van der Waals surface area contributed by atoms with Gasteiger partial charge in [0, 0.05) is 4.91 Å². The normalized spacial score (nSPS) is 14.6. The minimum atomic E-state index is -2.03. The zero-order chi connectivity index (χ0) is 22.9. The quantitative estimate of drug-likeness (QED) is 0.0582. The van der Waals surface area contributed by atoms with Gasteiger partial charge in [0.25, 0.3) is 0 Å². The van der Waals surface area contributed by atoms with Gasteiger partial charge in [0.2, 0.25) is 0 Å². The van der Waals surface area contributed by atoms with Crippen LogP contribution in [0.1, 0.15) is 105 Å².